The summed E-state index contributed by atoms with van der Waals surface area (Å²) in [4.78, 5) is 5.13. The van der Waals surface area contributed by atoms with Crippen LogP contribution in [0.5, 0.6) is 0 Å². The molecule has 0 fully saturated rings. The molecular weight excluding hydrogens is 601 g/mol. The van der Waals surface area contributed by atoms with Gasteiger partial charge in [-0.2, -0.15) is 0 Å². The number of nitrogens with zero attached hydrogens (tertiary/aromatic N) is 2. The fourth-order valence-corrected chi connectivity index (χ4v) is 8.52. The van der Waals surface area contributed by atoms with Crippen molar-refractivity contribution in [1.82, 2.24) is 4.57 Å². The molecule has 1 aromatic heterocycles. The molecular formula is C45H36N2S. The summed E-state index contributed by atoms with van der Waals surface area (Å²) in [7, 11) is 0. The van der Waals surface area contributed by atoms with Gasteiger partial charge in [-0.25, -0.2) is 0 Å². The largest absolute Gasteiger partial charge is 0.309 e. The van der Waals surface area contributed by atoms with Crippen molar-refractivity contribution in [1.29, 1.82) is 0 Å². The predicted octanol–water partition coefficient (Wildman–Crippen LogP) is 12.5. The van der Waals surface area contributed by atoms with Crippen LogP contribution >= 0.6 is 11.8 Å². The molecule has 7 aromatic carbocycles. The number of thioether (sulfide) groups is 1. The molecule has 0 saturated heterocycles. The van der Waals surface area contributed by atoms with Crippen LogP contribution in [0.3, 0.4) is 0 Å². The fourth-order valence-electron chi connectivity index (χ4n) is 7.21. The smallest absolute Gasteiger partial charge is 0.0990 e. The minimum Gasteiger partial charge on any atom is -0.309 e. The molecule has 8 aromatic rings. The highest BCUT2D eigenvalue weighted by Crippen LogP contribution is 2.47. The zero-order chi connectivity index (χ0) is 32.6. The van der Waals surface area contributed by atoms with Gasteiger partial charge in [0.15, 0.2) is 0 Å². The first-order chi connectivity index (χ1) is 23.3. The summed E-state index contributed by atoms with van der Waals surface area (Å²) < 4.78 is 2.51. The zero-order valence-electron chi connectivity index (χ0n) is 27.7. The van der Waals surface area contributed by atoms with Gasteiger partial charge in [-0.15, -0.1) is 0 Å². The second kappa shape index (κ2) is 10.7. The van der Waals surface area contributed by atoms with Crippen molar-refractivity contribution < 1.29 is 0 Å². The van der Waals surface area contributed by atoms with E-state index in [4.69, 9.17) is 4.99 Å². The normalized spacial score (nSPS) is 15.5. The van der Waals surface area contributed by atoms with Crippen LogP contribution in [0.2, 0.25) is 0 Å². The van der Waals surface area contributed by atoms with Gasteiger partial charge in [-0.1, -0.05) is 127 Å². The minimum absolute atomic E-state index is 0.0568. The molecule has 3 heteroatoms. The number of aliphatic imine (C=N–C) groups is 1. The van der Waals surface area contributed by atoms with Crippen molar-refractivity contribution >= 4 is 60.2 Å². The van der Waals surface area contributed by atoms with Gasteiger partial charge >= 0.3 is 0 Å². The summed E-state index contributed by atoms with van der Waals surface area (Å²) in [6, 6.07) is 53.5. The predicted molar refractivity (Wildman–Crippen MR) is 209 cm³/mol. The molecule has 0 N–H and O–H groups in total. The van der Waals surface area contributed by atoms with Gasteiger partial charge in [-0.3, -0.25) is 4.99 Å². The highest BCUT2D eigenvalue weighted by molar-refractivity contribution is 8.15. The summed E-state index contributed by atoms with van der Waals surface area (Å²) in [6.45, 7) is 9.06. The van der Waals surface area contributed by atoms with Crippen LogP contribution in [0.15, 0.2) is 151 Å². The molecule has 0 saturated carbocycles. The molecule has 0 radical (unpaired) electrons. The molecule has 48 heavy (non-hydrogen) atoms. The van der Waals surface area contributed by atoms with E-state index in [9.17, 15) is 0 Å². The maximum absolute atomic E-state index is 5.13. The molecule has 0 bridgehead atoms. The molecule has 0 aliphatic carbocycles. The molecule has 0 unspecified atom stereocenters. The average Bonchev–Trinajstić information content (AvgIpc) is 3.56. The van der Waals surface area contributed by atoms with E-state index in [0.29, 0.717) is 0 Å². The van der Waals surface area contributed by atoms with Crippen molar-refractivity contribution in [2.45, 2.75) is 38.0 Å². The third kappa shape index (κ3) is 4.52. The first-order valence-electron chi connectivity index (χ1n) is 16.7. The molecule has 1 aliphatic rings. The third-order valence-corrected chi connectivity index (χ3v) is 12.0. The molecule has 9 rings (SSSR count). The lowest BCUT2D eigenvalue weighted by Gasteiger charge is -2.30. The van der Waals surface area contributed by atoms with E-state index in [-0.39, 0.29) is 10.3 Å². The number of aromatic nitrogens is 1. The Bertz CT molecular complexity index is 2570. The summed E-state index contributed by atoms with van der Waals surface area (Å²) in [5.41, 5.74) is 9.55. The topological polar surface area (TPSA) is 17.3 Å². The number of hydrogen-bond acceptors (Lipinski definition) is 2. The van der Waals surface area contributed by atoms with Crippen LogP contribution in [-0.2, 0) is 0 Å². The second-order valence-electron chi connectivity index (χ2n) is 14.0. The van der Waals surface area contributed by atoms with Gasteiger partial charge in [0.25, 0.3) is 0 Å². The zero-order valence-corrected chi connectivity index (χ0v) is 28.5. The van der Waals surface area contributed by atoms with E-state index in [1.165, 1.54) is 71.2 Å². The van der Waals surface area contributed by atoms with Gasteiger partial charge in [0.1, 0.15) is 0 Å². The van der Waals surface area contributed by atoms with E-state index in [1.807, 2.05) is 11.8 Å². The Kier molecular flexibility index (Phi) is 6.48. The Hall–Kier alpha value is -5.12. The molecule has 2 heterocycles. The lowest BCUT2D eigenvalue weighted by molar-refractivity contribution is 0.426. The molecule has 1 aliphatic heterocycles. The Morgan fingerprint density at radius 2 is 1.12 bits per heavy atom. The fraction of sp³-hybridized carbons (Fsp3) is 0.133. The van der Waals surface area contributed by atoms with E-state index >= 15 is 0 Å². The Labute approximate surface area is 285 Å². The Balaban J connectivity index is 1.27. The number of para-hydroxylation sites is 1. The summed E-state index contributed by atoms with van der Waals surface area (Å²) in [5, 5.41) is 8.73. The van der Waals surface area contributed by atoms with Crippen LogP contribution < -0.4 is 0 Å². The molecule has 0 atom stereocenters. The molecule has 232 valence electrons. The van der Waals surface area contributed by atoms with E-state index in [2.05, 4.69) is 178 Å². The van der Waals surface area contributed by atoms with Crippen LogP contribution in [0.4, 0.5) is 0 Å². The van der Waals surface area contributed by atoms with Crippen molar-refractivity contribution in [3.8, 4) is 27.9 Å². The Morgan fingerprint density at radius 3 is 1.88 bits per heavy atom. The van der Waals surface area contributed by atoms with Crippen molar-refractivity contribution in [3.05, 3.63) is 151 Å². The maximum atomic E-state index is 5.13. The van der Waals surface area contributed by atoms with Crippen molar-refractivity contribution in [3.63, 3.8) is 0 Å². The molecule has 2 nitrogen and oxygen atoms in total. The van der Waals surface area contributed by atoms with Gasteiger partial charge < -0.3 is 4.57 Å². The van der Waals surface area contributed by atoms with E-state index < -0.39 is 0 Å². The number of fused-ring (bicyclic) bond motifs is 6. The highest BCUT2D eigenvalue weighted by atomic mass is 32.2. The van der Waals surface area contributed by atoms with Gasteiger partial charge in [0.05, 0.1) is 21.6 Å². The minimum atomic E-state index is -0.105. The second-order valence-corrected chi connectivity index (χ2v) is 15.6. The average molecular weight is 637 g/mol. The first-order valence-corrected chi connectivity index (χ1v) is 17.5. The first kappa shape index (κ1) is 29.1. The van der Waals surface area contributed by atoms with Crippen LogP contribution in [0.1, 0.15) is 33.3 Å². The van der Waals surface area contributed by atoms with E-state index in [0.717, 1.165) is 10.7 Å². The van der Waals surface area contributed by atoms with Crippen LogP contribution in [0.25, 0.3) is 71.3 Å². The number of benzene rings is 7. The van der Waals surface area contributed by atoms with Crippen molar-refractivity contribution in [2.75, 3.05) is 0 Å². The highest BCUT2D eigenvalue weighted by Gasteiger charge is 2.44. The monoisotopic (exact) mass is 636 g/mol. The standard InChI is InChI=1S/C45H36N2S/c1-44(2)45(3,4)48-43(46-44)31-21-19-30(20-22-31)39-28-41-42(37-17-11-10-16-36(37)39)38-25-24-34(27-40(38)47(41)35-14-6-5-7-15-35)33-23-18-29-12-8-9-13-32(29)26-33/h5-28H,1-4H3. The maximum Gasteiger partial charge on any atom is 0.0990 e. The summed E-state index contributed by atoms with van der Waals surface area (Å²) in [6.07, 6.45) is 0. The summed E-state index contributed by atoms with van der Waals surface area (Å²) >= 11 is 1.88. The number of rotatable bonds is 4. The Morgan fingerprint density at radius 1 is 0.500 bits per heavy atom. The summed E-state index contributed by atoms with van der Waals surface area (Å²) in [5.74, 6) is 0. The number of hydrogen-bond donors (Lipinski definition) is 0. The van der Waals surface area contributed by atoms with Crippen LogP contribution in [-0.4, -0.2) is 19.9 Å². The van der Waals surface area contributed by atoms with Gasteiger partial charge in [0, 0.05) is 26.8 Å². The molecule has 0 amide bonds. The van der Waals surface area contributed by atoms with Crippen LogP contribution in [0, 0.1) is 0 Å². The van der Waals surface area contributed by atoms with Crippen molar-refractivity contribution in [2.24, 2.45) is 4.99 Å². The third-order valence-electron chi connectivity index (χ3n) is 10.5. The van der Waals surface area contributed by atoms with Gasteiger partial charge in [-0.05, 0) is 102 Å². The lowest BCUT2D eigenvalue weighted by atomic mass is 9.90. The SMILES string of the molecule is CC1(C)N=C(c2ccc(-c3cc4c(c5ccccc35)c3ccc(-c5ccc6ccccc6c5)cc3n4-c3ccccc3)cc2)SC1(C)C. The molecule has 0 spiro atoms. The van der Waals surface area contributed by atoms with E-state index in [1.54, 1.807) is 0 Å². The quantitative estimate of drug-likeness (QED) is 0.188. The lowest BCUT2D eigenvalue weighted by Crippen LogP contribution is -2.36. The van der Waals surface area contributed by atoms with Gasteiger partial charge in [0.2, 0.25) is 0 Å².